The SMILES string of the molecule is CCCCCCCCCCCCCCCCCNc1ccccc1C(=O)OC(C)(C)C(N)=O. The van der Waals surface area contributed by atoms with Crippen molar-refractivity contribution in [2.75, 3.05) is 11.9 Å². The number of unbranched alkanes of at least 4 members (excludes halogenated alkanes) is 14. The Kier molecular flexibility index (Phi) is 15.3. The Balaban J connectivity index is 2.09. The molecule has 0 unspecified atom stereocenters. The molecule has 0 spiro atoms. The number of carbonyl (C=O) groups excluding carboxylic acids is 2. The van der Waals surface area contributed by atoms with E-state index in [-0.39, 0.29) is 0 Å². The average molecular weight is 461 g/mol. The number of nitrogens with two attached hydrogens (primary N) is 1. The maximum absolute atomic E-state index is 12.5. The van der Waals surface area contributed by atoms with Gasteiger partial charge in [-0.15, -0.1) is 0 Å². The molecule has 0 aliphatic carbocycles. The van der Waals surface area contributed by atoms with Gasteiger partial charge in [-0.2, -0.15) is 0 Å². The summed E-state index contributed by atoms with van der Waals surface area (Å²) in [4.78, 5) is 23.9. The van der Waals surface area contributed by atoms with Crippen LogP contribution in [0.3, 0.4) is 0 Å². The van der Waals surface area contributed by atoms with Gasteiger partial charge < -0.3 is 15.8 Å². The third-order valence-electron chi connectivity index (χ3n) is 6.18. The lowest BCUT2D eigenvalue weighted by molar-refractivity contribution is -0.133. The predicted octanol–water partition coefficient (Wildman–Crippen LogP) is 7.39. The van der Waals surface area contributed by atoms with Crippen molar-refractivity contribution in [2.24, 2.45) is 5.73 Å². The highest BCUT2D eigenvalue weighted by atomic mass is 16.6. The quantitative estimate of drug-likeness (QED) is 0.157. The third kappa shape index (κ3) is 13.3. The van der Waals surface area contributed by atoms with E-state index in [1.165, 1.54) is 104 Å². The topological polar surface area (TPSA) is 81.4 Å². The van der Waals surface area contributed by atoms with Gasteiger partial charge in [0.25, 0.3) is 5.91 Å². The first-order valence-corrected chi connectivity index (χ1v) is 13.2. The fourth-order valence-corrected chi connectivity index (χ4v) is 3.87. The van der Waals surface area contributed by atoms with Gasteiger partial charge in [0.2, 0.25) is 0 Å². The summed E-state index contributed by atoms with van der Waals surface area (Å²) in [5.74, 6) is -1.21. The van der Waals surface area contributed by atoms with E-state index in [9.17, 15) is 9.59 Å². The monoisotopic (exact) mass is 460 g/mol. The maximum Gasteiger partial charge on any atom is 0.341 e. The molecule has 5 heteroatoms. The van der Waals surface area contributed by atoms with Crippen LogP contribution in [0.2, 0.25) is 0 Å². The molecule has 0 aliphatic rings. The van der Waals surface area contributed by atoms with Crippen molar-refractivity contribution in [3.63, 3.8) is 0 Å². The molecule has 188 valence electrons. The van der Waals surface area contributed by atoms with E-state index in [0.717, 1.165) is 18.7 Å². The van der Waals surface area contributed by atoms with Crippen LogP contribution in [0.4, 0.5) is 5.69 Å². The van der Waals surface area contributed by atoms with Gasteiger partial charge in [-0.3, -0.25) is 4.79 Å². The van der Waals surface area contributed by atoms with Crippen molar-refractivity contribution in [2.45, 2.75) is 123 Å². The fraction of sp³-hybridized carbons (Fsp3) is 0.714. The highest BCUT2D eigenvalue weighted by Gasteiger charge is 2.30. The molecule has 1 aromatic carbocycles. The molecular weight excluding hydrogens is 412 g/mol. The van der Waals surface area contributed by atoms with Crippen LogP contribution < -0.4 is 11.1 Å². The molecule has 0 bridgehead atoms. The Bertz CT molecular complexity index is 673. The summed E-state index contributed by atoms with van der Waals surface area (Å²) in [6, 6.07) is 7.23. The molecule has 0 saturated carbocycles. The second kappa shape index (κ2) is 17.4. The molecule has 0 fully saturated rings. The molecule has 1 amide bonds. The molecule has 1 aromatic rings. The van der Waals surface area contributed by atoms with Gasteiger partial charge >= 0.3 is 5.97 Å². The molecule has 3 N–H and O–H groups in total. The van der Waals surface area contributed by atoms with E-state index in [4.69, 9.17) is 10.5 Å². The van der Waals surface area contributed by atoms with Gasteiger partial charge in [-0.25, -0.2) is 4.79 Å². The Morgan fingerprint density at radius 3 is 1.73 bits per heavy atom. The van der Waals surface area contributed by atoms with Crippen LogP contribution in [0, 0.1) is 0 Å². The molecule has 0 saturated heterocycles. The Hall–Kier alpha value is -2.04. The third-order valence-corrected chi connectivity index (χ3v) is 6.18. The number of carbonyl (C=O) groups is 2. The first-order chi connectivity index (χ1) is 15.9. The molecule has 0 radical (unpaired) electrons. The van der Waals surface area contributed by atoms with Gasteiger partial charge in [0.1, 0.15) is 0 Å². The largest absolute Gasteiger partial charge is 0.446 e. The van der Waals surface area contributed by atoms with Crippen LogP contribution in [-0.2, 0) is 9.53 Å². The zero-order valence-corrected chi connectivity index (χ0v) is 21.4. The smallest absolute Gasteiger partial charge is 0.341 e. The van der Waals surface area contributed by atoms with Crippen LogP contribution in [0.25, 0.3) is 0 Å². The number of hydrogen-bond acceptors (Lipinski definition) is 4. The molecule has 0 atom stereocenters. The van der Waals surface area contributed by atoms with E-state index in [0.29, 0.717) is 5.56 Å². The minimum atomic E-state index is -1.33. The lowest BCUT2D eigenvalue weighted by Crippen LogP contribution is -2.42. The van der Waals surface area contributed by atoms with Gasteiger partial charge in [0.05, 0.1) is 5.56 Å². The van der Waals surface area contributed by atoms with Gasteiger partial charge in [0.15, 0.2) is 5.60 Å². The van der Waals surface area contributed by atoms with Crippen LogP contribution in [0.15, 0.2) is 24.3 Å². The maximum atomic E-state index is 12.5. The molecule has 1 rings (SSSR count). The number of ether oxygens (including phenoxy) is 1. The van der Waals surface area contributed by atoms with Crippen molar-refractivity contribution in [1.82, 2.24) is 0 Å². The Morgan fingerprint density at radius 2 is 1.24 bits per heavy atom. The summed E-state index contributed by atoms with van der Waals surface area (Å²) in [6.45, 7) is 6.08. The van der Waals surface area contributed by atoms with Gasteiger partial charge in [-0.05, 0) is 32.4 Å². The molecule has 33 heavy (non-hydrogen) atoms. The highest BCUT2D eigenvalue weighted by Crippen LogP contribution is 2.20. The van der Waals surface area contributed by atoms with Gasteiger partial charge in [-0.1, -0.05) is 109 Å². The standard InChI is InChI=1S/C28H48N2O3/c1-4-5-6-7-8-9-10-11-12-13-14-15-16-17-20-23-30-25-22-19-18-21-24(25)26(31)33-28(2,3)27(29)32/h18-19,21-22,30H,4-17,20,23H2,1-3H3,(H2,29,32). The Labute approximate surface area is 202 Å². The van der Waals surface area contributed by atoms with E-state index >= 15 is 0 Å². The van der Waals surface area contributed by atoms with Crippen LogP contribution >= 0.6 is 0 Å². The predicted molar refractivity (Wildman–Crippen MR) is 139 cm³/mol. The zero-order valence-electron chi connectivity index (χ0n) is 21.4. The summed E-state index contributed by atoms with van der Waals surface area (Å²) in [7, 11) is 0. The van der Waals surface area contributed by atoms with Crippen molar-refractivity contribution < 1.29 is 14.3 Å². The molecular formula is C28H48N2O3. The number of nitrogens with one attached hydrogen (secondary N) is 1. The summed E-state index contributed by atoms with van der Waals surface area (Å²) in [5.41, 5.74) is 5.12. The van der Waals surface area contributed by atoms with Crippen LogP contribution in [-0.4, -0.2) is 24.0 Å². The number of hydrogen-bond donors (Lipinski definition) is 2. The summed E-state index contributed by atoms with van der Waals surface area (Å²) in [6.07, 6.45) is 20.1. The summed E-state index contributed by atoms with van der Waals surface area (Å²) in [5, 5.41) is 3.34. The van der Waals surface area contributed by atoms with Crippen molar-refractivity contribution >= 4 is 17.6 Å². The first-order valence-electron chi connectivity index (χ1n) is 13.2. The second-order valence-electron chi connectivity index (χ2n) is 9.69. The van der Waals surface area contributed by atoms with E-state index in [1.54, 1.807) is 12.1 Å². The number of anilines is 1. The number of primary amides is 1. The average Bonchev–Trinajstić information content (AvgIpc) is 2.78. The van der Waals surface area contributed by atoms with Crippen LogP contribution in [0.5, 0.6) is 0 Å². The summed E-state index contributed by atoms with van der Waals surface area (Å²) >= 11 is 0. The molecule has 0 heterocycles. The van der Waals surface area contributed by atoms with Crippen LogP contribution in [0.1, 0.15) is 127 Å². The molecule has 0 aliphatic heterocycles. The number of rotatable bonds is 20. The number of benzene rings is 1. The molecule has 0 aromatic heterocycles. The highest BCUT2D eigenvalue weighted by molar-refractivity contribution is 5.97. The van der Waals surface area contributed by atoms with E-state index in [2.05, 4.69) is 12.2 Å². The Morgan fingerprint density at radius 1 is 0.788 bits per heavy atom. The number of esters is 1. The van der Waals surface area contributed by atoms with Crippen molar-refractivity contribution in [1.29, 1.82) is 0 Å². The molecule has 5 nitrogen and oxygen atoms in total. The second-order valence-corrected chi connectivity index (χ2v) is 9.69. The lowest BCUT2D eigenvalue weighted by atomic mass is 10.0. The number of para-hydroxylation sites is 1. The lowest BCUT2D eigenvalue weighted by Gasteiger charge is -2.22. The van der Waals surface area contributed by atoms with E-state index < -0.39 is 17.5 Å². The normalized spacial score (nSPS) is 11.4. The van der Waals surface area contributed by atoms with Crippen molar-refractivity contribution in [3.05, 3.63) is 29.8 Å². The zero-order chi connectivity index (χ0) is 24.4. The van der Waals surface area contributed by atoms with Gasteiger partial charge in [0, 0.05) is 12.2 Å². The fourth-order valence-electron chi connectivity index (χ4n) is 3.87. The minimum absolute atomic E-state index is 0.424. The van der Waals surface area contributed by atoms with E-state index in [1.807, 2.05) is 12.1 Å². The first kappa shape index (κ1) is 29.0. The summed E-state index contributed by atoms with van der Waals surface area (Å²) < 4.78 is 5.31. The minimum Gasteiger partial charge on any atom is -0.446 e. The van der Waals surface area contributed by atoms with Crippen molar-refractivity contribution in [3.8, 4) is 0 Å². The number of amides is 1.